The molecule has 0 fully saturated rings. The molecule has 4 heteroatoms. The first kappa shape index (κ1) is 11.3. The number of rotatable bonds is 2. The van der Waals surface area contributed by atoms with Crippen LogP contribution in [0.25, 0.3) is 11.3 Å². The zero-order chi connectivity index (χ0) is 12.4. The normalized spacial score (nSPS) is 10.2. The van der Waals surface area contributed by atoms with E-state index < -0.39 is 5.69 Å². The zero-order valence-electron chi connectivity index (χ0n) is 9.65. The van der Waals surface area contributed by atoms with Crippen LogP contribution >= 0.6 is 0 Å². The van der Waals surface area contributed by atoms with E-state index in [4.69, 9.17) is 0 Å². The van der Waals surface area contributed by atoms with E-state index in [0.29, 0.717) is 17.0 Å². The molecule has 4 nitrogen and oxygen atoms in total. The molecule has 1 N–H and O–H groups in total. The van der Waals surface area contributed by atoms with Crippen LogP contribution in [0.4, 0.5) is 0 Å². The number of nitrogens with zero attached hydrogens (tertiary/aromatic N) is 1. The molecule has 0 unspecified atom stereocenters. The van der Waals surface area contributed by atoms with E-state index >= 15 is 0 Å². The van der Waals surface area contributed by atoms with Gasteiger partial charge in [-0.05, 0) is 13.8 Å². The molecule has 0 aliphatic rings. The van der Waals surface area contributed by atoms with E-state index in [9.17, 15) is 9.59 Å². The third kappa shape index (κ3) is 2.15. The Bertz CT molecular complexity index is 615. The summed E-state index contributed by atoms with van der Waals surface area (Å²) >= 11 is 0. The number of H-pyrrole nitrogens is 1. The van der Waals surface area contributed by atoms with Crippen molar-refractivity contribution in [1.29, 1.82) is 0 Å². The third-order valence-electron chi connectivity index (χ3n) is 2.52. The molecular weight excluding hydrogens is 216 g/mol. The second-order valence-electron chi connectivity index (χ2n) is 3.81. The van der Waals surface area contributed by atoms with E-state index in [2.05, 4.69) is 9.97 Å². The number of hydrogen-bond donors (Lipinski definition) is 1. The van der Waals surface area contributed by atoms with Crippen LogP contribution in [0, 0.1) is 6.92 Å². The first-order valence-electron chi connectivity index (χ1n) is 5.27. The van der Waals surface area contributed by atoms with Gasteiger partial charge in [-0.3, -0.25) is 4.79 Å². The lowest BCUT2D eigenvalue weighted by Gasteiger charge is -2.08. The Labute approximate surface area is 98.3 Å². The fraction of sp³-hybridized carbons (Fsp3) is 0.154. The van der Waals surface area contributed by atoms with E-state index in [1.807, 2.05) is 30.3 Å². The standard InChI is InChI=1S/C13H12N2O2/c1-8-11(9(2)16)12(15-13(17)14-8)10-6-4-3-5-7-10/h3-7H,1-2H3,(H,14,15,17). The van der Waals surface area contributed by atoms with Crippen LogP contribution in [0.3, 0.4) is 0 Å². The van der Waals surface area contributed by atoms with Gasteiger partial charge in [-0.2, -0.15) is 4.98 Å². The summed E-state index contributed by atoms with van der Waals surface area (Å²) in [4.78, 5) is 29.4. The number of benzene rings is 1. The van der Waals surface area contributed by atoms with Gasteiger partial charge in [-0.15, -0.1) is 0 Å². The number of aromatic nitrogens is 2. The number of carbonyl (C=O) groups excluding carboxylic acids is 1. The molecule has 1 aromatic heterocycles. The van der Waals surface area contributed by atoms with Gasteiger partial charge >= 0.3 is 5.69 Å². The minimum atomic E-state index is -0.439. The van der Waals surface area contributed by atoms with Crippen LogP contribution in [0.5, 0.6) is 0 Å². The molecule has 86 valence electrons. The zero-order valence-corrected chi connectivity index (χ0v) is 9.65. The molecule has 0 amide bonds. The maximum absolute atomic E-state index is 11.6. The molecule has 0 saturated heterocycles. The van der Waals surface area contributed by atoms with Gasteiger partial charge in [0.05, 0.1) is 11.3 Å². The van der Waals surface area contributed by atoms with Crippen molar-refractivity contribution < 1.29 is 4.79 Å². The third-order valence-corrected chi connectivity index (χ3v) is 2.52. The lowest BCUT2D eigenvalue weighted by Crippen LogP contribution is -2.17. The highest BCUT2D eigenvalue weighted by Crippen LogP contribution is 2.21. The van der Waals surface area contributed by atoms with Crippen LogP contribution in [-0.2, 0) is 0 Å². The van der Waals surface area contributed by atoms with Gasteiger partial charge in [0.1, 0.15) is 0 Å². The molecule has 0 saturated carbocycles. The maximum Gasteiger partial charge on any atom is 0.345 e. The van der Waals surface area contributed by atoms with Crippen LogP contribution in [0.1, 0.15) is 23.0 Å². The van der Waals surface area contributed by atoms with E-state index in [-0.39, 0.29) is 5.78 Å². The summed E-state index contributed by atoms with van der Waals surface area (Å²) in [5.74, 6) is -0.106. The lowest BCUT2D eigenvalue weighted by molar-refractivity contribution is 0.101. The predicted octanol–water partition coefficient (Wildman–Crippen LogP) is 1.95. The van der Waals surface area contributed by atoms with Crippen LogP contribution in [-0.4, -0.2) is 15.8 Å². The number of Topliss-reactive ketones (excluding diaryl/α,β-unsaturated/α-hetero) is 1. The summed E-state index contributed by atoms with van der Waals surface area (Å²) in [6.45, 7) is 3.17. The molecule has 0 bridgehead atoms. The fourth-order valence-corrected chi connectivity index (χ4v) is 1.82. The summed E-state index contributed by atoms with van der Waals surface area (Å²) in [6.07, 6.45) is 0. The molecule has 17 heavy (non-hydrogen) atoms. The molecule has 2 rings (SSSR count). The number of aryl methyl sites for hydroxylation is 1. The second kappa shape index (κ2) is 4.33. The van der Waals surface area contributed by atoms with Crippen molar-refractivity contribution in [1.82, 2.24) is 9.97 Å². The van der Waals surface area contributed by atoms with Crippen molar-refractivity contribution in [2.75, 3.05) is 0 Å². The van der Waals surface area contributed by atoms with Crippen molar-refractivity contribution in [3.63, 3.8) is 0 Å². The SMILES string of the molecule is CC(=O)c1c(-c2ccccc2)nc(=O)[nH]c1C. The average molecular weight is 228 g/mol. The largest absolute Gasteiger partial charge is 0.345 e. The summed E-state index contributed by atoms with van der Waals surface area (Å²) in [6, 6.07) is 9.22. The van der Waals surface area contributed by atoms with Crippen LogP contribution < -0.4 is 5.69 Å². The topological polar surface area (TPSA) is 62.8 Å². The number of hydrogen-bond acceptors (Lipinski definition) is 3. The molecular formula is C13H12N2O2. The Morgan fingerprint density at radius 3 is 2.47 bits per heavy atom. The number of carbonyl (C=O) groups is 1. The lowest BCUT2D eigenvalue weighted by atomic mass is 10.0. The Morgan fingerprint density at radius 2 is 1.88 bits per heavy atom. The van der Waals surface area contributed by atoms with Crippen molar-refractivity contribution in [2.24, 2.45) is 0 Å². The first-order chi connectivity index (χ1) is 8.09. The van der Waals surface area contributed by atoms with E-state index in [1.54, 1.807) is 6.92 Å². The molecule has 0 spiro atoms. The van der Waals surface area contributed by atoms with Crippen molar-refractivity contribution >= 4 is 5.78 Å². The average Bonchev–Trinajstić information content (AvgIpc) is 2.28. The van der Waals surface area contributed by atoms with Crippen LogP contribution in [0.15, 0.2) is 35.1 Å². The molecule has 0 atom stereocenters. The summed E-state index contributed by atoms with van der Waals surface area (Å²) in [5.41, 5.74) is 1.80. The summed E-state index contributed by atoms with van der Waals surface area (Å²) in [5, 5.41) is 0. The molecule has 1 heterocycles. The van der Waals surface area contributed by atoms with Crippen molar-refractivity contribution in [3.8, 4) is 11.3 Å². The Hall–Kier alpha value is -2.23. The van der Waals surface area contributed by atoms with Gasteiger partial charge in [-0.25, -0.2) is 4.79 Å². The molecule has 1 aromatic carbocycles. The Kier molecular flexibility index (Phi) is 2.87. The Morgan fingerprint density at radius 1 is 1.24 bits per heavy atom. The van der Waals surface area contributed by atoms with Gasteiger partial charge in [0.15, 0.2) is 5.78 Å². The van der Waals surface area contributed by atoms with E-state index in [0.717, 1.165) is 5.56 Å². The second-order valence-corrected chi connectivity index (χ2v) is 3.81. The number of nitrogens with one attached hydrogen (secondary N) is 1. The van der Waals surface area contributed by atoms with Crippen LogP contribution in [0.2, 0.25) is 0 Å². The van der Waals surface area contributed by atoms with Gasteiger partial charge in [0.25, 0.3) is 0 Å². The molecule has 2 aromatic rings. The predicted molar refractivity (Wildman–Crippen MR) is 65.0 cm³/mol. The Balaban J connectivity index is 2.77. The highest BCUT2D eigenvalue weighted by molar-refractivity contribution is 6.00. The summed E-state index contributed by atoms with van der Waals surface area (Å²) < 4.78 is 0. The van der Waals surface area contributed by atoms with Gasteiger partial charge < -0.3 is 4.98 Å². The quantitative estimate of drug-likeness (QED) is 0.799. The van der Waals surface area contributed by atoms with Crippen molar-refractivity contribution in [3.05, 3.63) is 52.1 Å². The van der Waals surface area contributed by atoms with E-state index in [1.165, 1.54) is 6.92 Å². The van der Waals surface area contributed by atoms with Gasteiger partial charge in [0.2, 0.25) is 0 Å². The fourth-order valence-electron chi connectivity index (χ4n) is 1.82. The minimum absolute atomic E-state index is 0.106. The number of aromatic amines is 1. The molecule has 0 aliphatic carbocycles. The highest BCUT2D eigenvalue weighted by atomic mass is 16.1. The first-order valence-corrected chi connectivity index (χ1v) is 5.27. The van der Waals surface area contributed by atoms with Crippen molar-refractivity contribution in [2.45, 2.75) is 13.8 Å². The summed E-state index contributed by atoms with van der Waals surface area (Å²) in [7, 11) is 0. The molecule has 0 radical (unpaired) electrons. The van der Waals surface area contributed by atoms with Gasteiger partial charge in [-0.1, -0.05) is 30.3 Å². The van der Waals surface area contributed by atoms with Gasteiger partial charge in [0, 0.05) is 11.3 Å². The minimum Gasteiger partial charge on any atom is -0.309 e. The number of ketones is 1. The monoisotopic (exact) mass is 228 g/mol. The maximum atomic E-state index is 11.6. The molecule has 0 aliphatic heterocycles. The smallest absolute Gasteiger partial charge is 0.309 e. The highest BCUT2D eigenvalue weighted by Gasteiger charge is 2.14.